The molecule has 0 aromatic heterocycles. The van der Waals surface area contributed by atoms with Crippen molar-refractivity contribution in [2.45, 2.75) is 45.6 Å². The van der Waals surface area contributed by atoms with Crippen LogP contribution in [0.2, 0.25) is 0 Å². The van der Waals surface area contributed by atoms with Crippen molar-refractivity contribution >= 4 is 40.3 Å². The predicted octanol–water partition coefficient (Wildman–Crippen LogP) is 5.10. The Kier molecular flexibility index (Phi) is 6.76. The number of carbonyl (C=O) groups is 1. The Balaban J connectivity index is 1.30. The molecule has 2 aromatic rings. The second-order valence-electron chi connectivity index (χ2n) is 8.80. The molecule has 2 N–H and O–H groups in total. The summed E-state index contributed by atoms with van der Waals surface area (Å²) in [6, 6.07) is 16.8. The summed E-state index contributed by atoms with van der Waals surface area (Å²) in [6.45, 7) is 7.55. The molecule has 4 rings (SSSR count). The minimum atomic E-state index is 0.107. The van der Waals surface area contributed by atoms with E-state index in [1.165, 1.54) is 24.1 Å². The van der Waals surface area contributed by atoms with Crippen LogP contribution in [0, 0.1) is 5.92 Å². The van der Waals surface area contributed by atoms with E-state index in [1.54, 1.807) is 0 Å². The van der Waals surface area contributed by atoms with E-state index in [2.05, 4.69) is 53.6 Å². The first-order chi connectivity index (χ1) is 15.0. The van der Waals surface area contributed by atoms with Gasteiger partial charge < -0.3 is 20.4 Å². The minimum Gasteiger partial charge on any atom is -0.371 e. The monoisotopic (exact) mass is 436 g/mol. The minimum absolute atomic E-state index is 0.107. The summed E-state index contributed by atoms with van der Waals surface area (Å²) < 4.78 is 0. The van der Waals surface area contributed by atoms with E-state index in [4.69, 9.17) is 12.2 Å². The average Bonchev–Trinajstić information content (AvgIpc) is 3.20. The lowest BCUT2D eigenvalue weighted by atomic mass is 9.99. The number of hydrogen-bond donors (Lipinski definition) is 2. The van der Waals surface area contributed by atoms with Crippen LogP contribution in [0.25, 0.3) is 0 Å². The molecule has 0 radical (unpaired) electrons. The Labute approximate surface area is 190 Å². The molecule has 31 heavy (non-hydrogen) atoms. The van der Waals surface area contributed by atoms with Crippen LogP contribution in [0.5, 0.6) is 0 Å². The Bertz CT molecular complexity index is 912. The number of nitrogens with zero attached hydrogens (tertiary/aromatic N) is 2. The molecule has 2 saturated heterocycles. The molecular weight excluding hydrogens is 404 g/mol. The number of nitrogens with one attached hydrogen (secondary N) is 2. The molecule has 0 bridgehead atoms. The van der Waals surface area contributed by atoms with E-state index in [0.29, 0.717) is 11.5 Å². The van der Waals surface area contributed by atoms with Gasteiger partial charge in [0.1, 0.15) is 0 Å². The highest BCUT2D eigenvalue weighted by Crippen LogP contribution is 2.25. The van der Waals surface area contributed by atoms with Gasteiger partial charge in [0.25, 0.3) is 0 Å². The molecule has 6 heteroatoms. The zero-order valence-electron chi connectivity index (χ0n) is 18.4. The van der Waals surface area contributed by atoms with E-state index >= 15 is 0 Å². The zero-order chi connectivity index (χ0) is 21.8. The van der Waals surface area contributed by atoms with E-state index in [-0.39, 0.29) is 11.9 Å². The molecule has 0 unspecified atom stereocenters. The molecule has 5 nitrogen and oxygen atoms in total. The summed E-state index contributed by atoms with van der Waals surface area (Å²) in [4.78, 5) is 16.2. The topological polar surface area (TPSA) is 47.6 Å². The first-order valence-corrected chi connectivity index (χ1v) is 11.7. The Morgan fingerprint density at radius 1 is 1.03 bits per heavy atom. The number of anilines is 3. The molecule has 2 fully saturated rings. The molecule has 2 aliphatic rings. The zero-order valence-corrected chi connectivity index (χ0v) is 19.3. The van der Waals surface area contributed by atoms with Crippen molar-refractivity contribution in [1.29, 1.82) is 0 Å². The molecule has 2 heterocycles. The second kappa shape index (κ2) is 9.69. The van der Waals surface area contributed by atoms with Crippen molar-refractivity contribution in [3.8, 4) is 0 Å². The molecule has 0 spiro atoms. The number of hydrogen-bond acceptors (Lipinski definition) is 3. The van der Waals surface area contributed by atoms with Gasteiger partial charge in [0, 0.05) is 43.1 Å². The lowest BCUT2D eigenvalue weighted by Crippen LogP contribution is -2.34. The first-order valence-electron chi connectivity index (χ1n) is 11.3. The third-order valence-corrected chi connectivity index (χ3v) is 6.49. The van der Waals surface area contributed by atoms with Gasteiger partial charge in [-0.05, 0) is 86.3 Å². The summed E-state index contributed by atoms with van der Waals surface area (Å²) in [5.74, 6) is 0.968. The molecule has 2 atom stereocenters. The number of benzene rings is 2. The van der Waals surface area contributed by atoms with Crippen LogP contribution in [0.15, 0.2) is 48.5 Å². The smallest absolute Gasteiger partial charge is 0.227 e. The maximum absolute atomic E-state index is 11.9. The lowest BCUT2D eigenvalue weighted by Gasteiger charge is -2.33. The molecule has 1 amide bonds. The van der Waals surface area contributed by atoms with Gasteiger partial charge in [-0.1, -0.05) is 19.1 Å². The van der Waals surface area contributed by atoms with E-state index < -0.39 is 0 Å². The average molecular weight is 437 g/mol. The van der Waals surface area contributed by atoms with Crippen molar-refractivity contribution in [3.05, 3.63) is 54.1 Å². The van der Waals surface area contributed by atoms with Crippen LogP contribution < -0.4 is 20.4 Å². The Morgan fingerprint density at radius 2 is 1.74 bits per heavy atom. The van der Waals surface area contributed by atoms with Gasteiger partial charge in [-0.3, -0.25) is 4.79 Å². The molecular formula is C25H32N4OS. The highest BCUT2D eigenvalue weighted by molar-refractivity contribution is 7.80. The second-order valence-corrected chi connectivity index (χ2v) is 9.21. The molecule has 2 aromatic carbocycles. The van der Waals surface area contributed by atoms with Crippen LogP contribution >= 0.6 is 12.2 Å². The summed E-state index contributed by atoms with van der Waals surface area (Å²) in [7, 11) is 0. The van der Waals surface area contributed by atoms with E-state index in [9.17, 15) is 4.79 Å². The molecule has 164 valence electrons. The molecule has 2 aliphatic heterocycles. The first kappa shape index (κ1) is 21.6. The van der Waals surface area contributed by atoms with E-state index in [0.717, 1.165) is 43.3 Å². The Hall–Kier alpha value is -2.60. The van der Waals surface area contributed by atoms with Crippen LogP contribution in [0.3, 0.4) is 0 Å². The summed E-state index contributed by atoms with van der Waals surface area (Å²) >= 11 is 5.52. The highest BCUT2D eigenvalue weighted by atomic mass is 32.1. The Morgan fingerprint density at radius 3 is 2.39 bits per heavy atom. The third kappa shape index (κ3) is 5.37. The molecule has 0 saturated carbocycles. The fraction of sp³-hybridized carbons (Fsp3) is 0.440. The van der Waals surface area contributed by atoms with Crippen LogP contribution in [0.4, 0.5) is 17.1 Å². The third-order valence-electron chi connectivity index (χ3n) is 6.27. The highest BCUT2D eigenvalue weighted by Gasteiger charge is 2.21. The summed E-state index contributed by atoms with van der Waals surface area (Å²) in [6.07, 6.45) is 4.18. The van der Waals surface area contributed by atoms with Crippen LogP contribution in [-0.4, -0.2) is 30.7 Å². The quantitative estimate of drug-likeness (QED) is 0.639. The van der Waals surface area contributed by atoms with Crippen molar-refractivity contribution < 1.29 is 4.79 Å². The number of carbonyl (C=O) groups excluding carboxylic acids is 1. The van der Waals surface area contributed by atoms with Gasteiger partial charge in [0.05, 0.1) is 6.04 Å². The van der Waals surface area contributed by atoms with Crippen molar-refractivity contribution in [3.63, 3.8) is 0 Å². The van der Waals surface area contributed by atoms with Gasteiger partial charge in [0.2, 0.25) is 5.91 Å². The maximum atomic E-state index is 11.9. The van der Waals surface area contributed by atoms with Gasteiger partial charge in [0.15, 0.2) is 5.11 Å². The normalized spacial score (nSPS) is 19.9. The fourth-order valence-electron chi connectivity index (χ4n) is 4.49. The standard InChI is InChI=1S/C25H32N4OS/c1-18-5-3-15-28(17-18)22-11-7-20(8-12-22)19(2)26-25(31)27-21-9-13-23(14-10-21)29-16-4-6-24(29)30/h7-14,18-19H,3-6,15-17H2,1-2H3,(H2,26,27,31)/t18-,19+/m0/s1. The van der Waals surface area contributed by atoms with Gasteiger partial charge in [-0.25, -0.2) is 0 Å². The van der Waals surface area contributed by atoms with Gasteiger partial charge in [-0.15, -0.1) is 0 Å². The number of piperidine rings is 1. The van der Waals surface area contributed by atoms with Crippen LogP contribution in [0.1, 0.15) is 51.1 Å². The molecule has 0 aliphatic carbocycles. The number of rotatable bonds is 5. The van der Waals surface area contributed by atoms with Crippen LogP contribution in [-0.2, 0) is 4.79 Å². The lowest BCUT2D eigenvalue weighted by molar-refractivity contribution is -0.117. The number of thiocarbonyl (C=S) groups is 1. The van der Waals surface area contributed by atoms with Gasteiger partial charge >= 0.3 is 0 Å². The predicted molar refractivity (Wildman–Crippen MR) is 133 cm³/mol. The van der Waals surface area contributed by atoms with Crippen molar-refractivity contribution in [1.82, 2.24) is 5.32 Å². The van der Waals surface area contributed by atoms with E-state index in [1.807, 2.05) is 29.2 Å². The SMILES string of the molecule is C[C@H]1CCCN(c2ccc([C@@H](C)NC(=S)Nc3ccc(N4CCCC4=O)cc3)cc2)C1. The van der Waals surface area contributed by atoms with Gasteiger partial charge in [-0.2, -0.15) is 0 Å². The fourth-order valence-corrected chi connectivity index (χ4v) is 4.79. The van der Waals surface area contributed by atoms with Crippen molar-refractivity contribution in [2.24, 2.45) is 5.92 Å². The largest absolute Gasteiger partial charge is 0.371 e. The number of amides is 1. The summed E-state index contributed by atoms with van der Waals surface area (Å²) in [5.41, 5.74) is 4.37. The maximum Gasteiger partial charge on any atom is 0.227 e. The summed E-state index contributed by atoms with van der Waals surface area (Å²) in [5, 5.41) is 7.21. The van der Waals surface area contributed by atoms with Crippen molar-refractivity contribution in [2.75, 3.05) is 34.8 Å².